The minimum Gasteiger partial charge on any atom is -0.492 e. The number of sulfone groups is 1. The molecular formula is C15H24N2O4S. The molecule has 1 aromatic carbocycles. The zero-order valence-corrected chi connectivity index (χ0v) is 14.0. The highest BCUT2D eigenvalue weighted by molar-refractivity contribution is 7.90. The number of ether oxygens (including phenoxy) is 1. The van der Waals surface area contributed by atoms with Gasteiger partial charge in [-0.25, -0.2) is 8.42 Å². The summed E-state index contributed by atoms with van der Waals surface area (Å²) in [5.41, 5.74) is 5.81. The predicted octanol–water partition coefficient (Wildman–Crippen LogP) is 0.959. The number of carbonyl (C=O) groups is 1. The van der Waals surface area contributed by atoms with E-state index in [1.807, 2.05) is 13.8 Å². The van der Waals surface area contributed by atoms with E-state index in [0.29, 0.717) is 12.3 Å². The third-order valence-electron chi connectivity index (χ3n) is 3.48. The first-order valence-electron chi connectivity index (χ1n) is 7.22. The third kappa shape index (κ3) is 5.65. The minimum absolute atomic E-state index is 0.129. The summed E-state index contributed by atoms with van der Waals surface area (Å²) in [7, 11) is -3.20. The monoisotopic (exact) mass is 328 g/mol. The van der Waals surface area contributed by atoms with Gasteiger partial charge in [0.1, 0.15) is 12.4 Å². The Morgan fingerprint density at radius 1 is 1.32 bits per heavy atom. The molecule has 124 valence electrons. The van der Waals surface area contributed by atoms with Crippen molar-refractivity contribution in [3.63, 3.8) is 0 Å². The van der Waals surface area contributed by atoms with Gasteiger partial charge in [-0.1, -0.05) is 20.3 Å². The van der Waals surface area contributed by atoms with Crippen LogP contribution in [0.1, 0.15) is 20.3 Å². The summed E-state index contributed by atoms with van der Waals surface area (Å²) < 4.78 is 28.1. The highest BCUT2D eigenvalue weighted by atomic mass is 32.2. The molecule has 22 heavy (non-hydrogen) atoms. The van der Waals surface area contributed by atoms with Gasteiger partial charge in [0.15, 0.2) is 9.84 Å². The Bertz CT molecular complexity index is 584. The number of benzene rings is 1. The van der Waals surface area contributed by atoms with Crippen LogP contribution in [0.2, 0.25) is 0 Å². The van der Waals surface area contributed by atoms with E-state index in [2.05, 4.69) is 5.32 Å². The Morgan fingerprint density at radius 2 is 1.91 bits per heavy atom. The second kappa shape index (κ2) is 8.14. The summed E-state index contributed by atoms with van der Waals surface area (Å²) in [6.45, 7) is 4.55. The van der Waals surface area contributed by atoms with Gasteiger partial charge in [-0.05, 0) is 30.2 Å². The second-order valence-electron chi connectivity index (χ2n) is 5.29. The van der Waals surface area contributed by atoms with Gasteiger partial charge in [-0.2, -0.15) is 0 Å². The number of hydrogen-bond donors (Lipinski definition) is 2. The lowest BCUT2D eigenvalue weighted by atomic mass is 9.99. The van der Waals surface area contributed by atoms with E-state index in [9.17, 15) is 13.2 Å². The molecule has 1 aromatic rings. The lowest BCUT2D eigenvalue weighted by molar-refractivity contribution is -0.123. The highest BCUT2D eigenvalue weighted by Crippen LogP contribution is 2.15. The number of nitrogens with one attached hydrogen (secondary N) is 1. The van der Waals surface area contributed by atoms with Gasteiger partial charge >= 0.3 is 0 Å². The molecule has 0 bridgehead atoms. The molecule has 0 fully saturated rings. The quantitative estimate of drug-likeness (QED) is 0.693. The number of carbonyl (C=O) groups excluding carboxylic acids is 1. The average molecular weight is 328 g/mol. The molecule has 0 saturated heterocycles. The maximum Gasteiger partial charge on any atom is 0.237 e. The molecule has 6 nitrogen and oxygen atoms in total. The van der Waals surface area contributed by atoms with Crippen LogP contribution in [-0.2, 0) is 14.6 Å². The fraction of sp³-hybridized carbons (Fsp3) is 0.533. The van der Waals surface area contributed by atoms with E-state index in [1.54, 1.807) is 12.1 Å². The summed E-state index contributed by atoms with van der Waals surface area (Å²) in [6, 6.07) is 5.63. The van der Waals surface area contributed by atoms with Crippen molar-refractivity contribution in [2.24, 2.45) is 11.7 Å². The molecule has 0 heterocycles. The maximum absolute atomic E-state index is 11.8. The van der Waals surface area contributed by atoms with Crippen molar-refractivity contribution >= 4 is 15.7 Å². The van der Waals surface area contributed by atoms with E-state index >= 15 is 0 Å². The van der Waals surface area contributed by atoms with Gasteiger partial charge in [-0.15, -0.1) is 0 Å². The van der Waals surface area contributed by atoms with Crippen molar-refractivity contribution in [2.75, 3.05) is 19.4 Å². The summed E-state index contributed by atoms with van der Waals surface area (Å²) >= 11 is 0. The molecule has 0 radical (unpaired) electrons. The Labute approximate surface area is 132 Å². The summed E-state index contributed by atoms with van der Waals surface area (Å²) in [4.78, 5) is 12.0. The van der Waals surface area contributed by atoms with Gasteiger partial charge in [0, 0.05) is 6.26 Å². The molecular weight excluding hydrogens is 304 g/mol. The standard InChI is InChI=1S/C15H24N2O4S/c1-4-11(2)14(16)15(18)17-9-10-21-12-5-7-13(8-6-12)22(3,19)20/h5-8,11,14H,4,9-10,16H2,1-3H3,(H,17,18). The van der Waals surface area contributed by atoms with Gasteiger partial charge in [0.2, 0.25) is 5.91 Å². The molecule has 0 aliphatic rings. The highest BCUT2D eigenvalue weighted by Gasteiger charge is 2.18. The van der Waals surface area contributed by atoms with E-state index in [4.69, 9.17) is 10.5 Å². The van der Waals surface area contributed by atoms with Gasteiger partial charge in [0.05, 0.1) is 17.5 Å². The predicted molar refractivity (Wildman–Crippen MR) is 85.5 cm³/mol. The third-order valence-corrected chi connectivity index (χ3v) is 4.61. The molecule has 7 heteroatoms. The van der Waals surface area contributed by atoms with Crippen molar-refractivity contribution in [3.8, 4) is 5.75 Å². The van der Waals surface area contributed by atoms with Crippen molar-refractivity contribution in [3.05, 3.63) is 24.3 Å². The van der Waals surface area contributed by atoms with Gasteiger partial charge in [0.25, 0.3) is 0 Å². The van der Waals surface area contributed by atoms with Gasteiger partial charge in [-0.3, -0.25) is 4.79 Å². The first kappa shape index (κ1) is 18.4. The maximum atomic E-state index is 11.8. The van der Waals surface area contributed by atoms with Crippen LogP contribution < -0.4 is 15.8 Å². The Balaban J connectivity index is 2.38. The molecule has 2 atom stereocenters. The van der Waals surface area contributed by atoms with Gasteiger partial charge < -0.3 is 15.8 Å². The van der Waals surface area contributed by atoms with Crippen LogP contribution in [0.4, 0.5) is 0 Å². The Morgan fingerprint density at radius 3 is 2.41 bits per heavy atom. The first-order valence-corrected chi connectivity index (χ1v) is 9.11. The zero-order chi connectivity index (χ0) is 16.8. The molecule has 1 rings (SSSR count). The topological polar surface area (TPSA) is 98.5 Å². The lowest BCUT2D eigenvalue weighted by Gasteiger charge is -2.17. The normalized spacial score (nSPS) is 14.2. The summed E-state index contributed by atoms with van der Waals surface area (Å²) in [5, 5.41) is 2.72. The van der Waals surface area contributed by atoms with Crippen LogP contribution in [0.3, 0.4) is 0 Å². The van der Waals surface area contributed by atoms with Crippen LogP contribution in [0.5, 0.6) is 5.75 Å². The first-order chi connectivity index (χ1) is 10.3. The van der Waals surface area contributed by atoms with Crippen LogP contribution in [-0.4, -0.2) is 39.8 Å². The Hall–Kier alpha value is -1.60. The SMILES string of the molecule is CCC(C)C(N)C(=O)NCCOc1ccc(S(C)(=O)=O)cc1. The average Bonchev–Trinajstić information content (AvgIpc) is 2.49. The van der Waals surface area contributed by atoms with Crippen LogP contribution in [0.25, 0.3) is 0 Å². The molecule has 0 aliphatic carbocycles. The van der Waals surface area contributed by atoms with E-state index in [-0.39, 0.29) is 23.3 Å². The zero-order valence-electron chi connectivity index (χ0n) is 13.2. The van der Waals surface area contributed by atoms with Crippen molar-refractivity contribution in [1.82, 2.24) is 5.32 Å². The lowest BCUT2D eigenvalue weighted by Crippen LogP contribution is -2.45. The van der Waals surface area contributed by atoms with Crippen molar-refractivity contribution < 1.29 is 17.9 Å². The van der Waals surface area contributed by atoms with Crippen molar-refractivity contribution in [1.29, 1.82) is 0 Å². The van der Waals surface area contributed by atoms with Crippen LogP contribution in [0.15, 0.2) is 29.2 Å². The summed E-state index contributed by atoms with van der Waals surface area (Å²) in [5.74, 6) is 0.489. The van der Waals surface area contributed by atoms with Crippen LogP contribution in [0, 0.1) is 5.92 Å². The summed E-state index contributed by atoms with van der Waals surface area (Å²) in [6.07, 6.45) is 2.00. The van der Waals surface area contributed by atoms with Crippen LogP contribution >= 0.6 is 0 Å². The molecule has 2 unspecified atom stereocenters. The fourth-order valence-electron chi connectivity index (χ4n) is 1.76. The molecule has 0 spiro atoms. The minimum atomic E-state index is -3.20. The largest absolute Gasteiger partial charge is 0.492 e. The van der Waals surface area contributed by atoms with Crippen molar-refractivity contribution in [2.45, 2.75) is 31.2 Å². The molecule has 3 N–H and O–H groups in total. The molecule has 1 amide bonds. The number of nitrogens with two attached hydrogens (primary N) is 1. The second-order valence-corrected chi connectivity index (χ2v) is 7.31. The fourth-order valence-corrected chi connectivity index (χ4v) is 2.39. The number of rotatable bonds is 8. The number of hydrogen-bond acceptors (Lipinski definition) is 5. The van der Waals surface area contributed by atoms with E-state index in [1.165, 1.54) is 12.1 Å². The number of amides is 1. The van der Waals surface area contributed by atoms with E-state index < -0.39 is 15.9 Å². The smallest absolute Gasteiger partial charge is 0.237 e. The van der Waals surface area contributed by atoms with E-state index in [0.717, 1.165) is 12.7 Å². The molecule has 0 aromatic heterocycles. The Kier molecular flexibility index (Phi) is 6.83. The molecule has 0 saturated carbocycles. The molecule has 0 aliphatic heterocycles.